The Morgan fingerprint density at radius 2 is 1.77 bits per heavy atom. The SMILES string of the molecule is CC(C)C(NC(=O)Cc1ccccc1)C(=O)NCc1cccc(OCCN(C)C2CCOCC2)c1. The quantitative estimate of drug-likeness (QED) is 0.487. The molecule has 7 nitrogen and oxygen atoms in total. The van der Waals surface area contributed by atoms with Crippen LogP contribution in [0.5, 0.6) is 5.75 Å². The Balaban J connectivity index is 1.45. The lowest BCUT2D eigenvalue weighted by Crippen LogP contribution is -2.49. The number of amides is 2. The standard InChI is InChI=1S/C28H39N3O4/c1-21(2)27(30-26(32)19-22-8-5-4-6-9-22)28(33)29-20-23-10-7-11-25(18-23)35-17-14-31(3)24-12-15-34-16-13-24/h4-11,18,21,24,27H,12-17,19-20H2,1-3H3,(H,29,33)(H,30,32). The zero-order chi connectivity index (χ0) is 25.0. The lowest BCUT2D eigenvalue weighted by Gasteiger charge is -2.31. The molecule has 2 amide bonds. The highest BCUT2D eigenvalue weighted by Gasteiger charge is 2.24. The molecule has 2 aromatic rings. The van der Waals surface area contributed by atoms with Crippen molar-refractivity contribution < 1.29 is 19.1 Å². The minimum atomic E-state index is -0.591. The van der Waals surface area contributed by atoms with E-state index in [0.717, 1.165) is 49.5 Å². The van der Waals surface area contributed by atoms with Crippen molar-refractivity contribution in [3.05, 3.63) is 65.7 Å². The number of carbonyl (C=O) groups excluding carboxylic acids is 2. The van der Waals surface area contributed by atoms with Gasteiger partial charge in [-0.3, -0.25) is 14.5 Å². The number of benzene rings is 2. The van der Waals surface area contributed by atoms with Gasteiger partial charge in [0.2, 0.25) is 11.8 Å². The molecule has 3 rings (SSSR count). The van der Waals surface area contributed by atoms with E-state index in [0.29, 0.717) is 19.2 Å². The third-order valence-corrected chi connectivity index (χ3v) is 6.37. The highest BCUT2D eigenvalue weighted by atomic mass is 16.5. The Hall–Kier alpha value is -2.90. The Morgan fingerprint density at radius 1 is 1.06 bits per heavy atom. The number of rotatable bonds is 12. The smallest absolute Gasteiger partial charge is 0.243 e. The van der Waals surface area contributed by atoms with E-state index in [1.54, 1.807) is 0 Å². The molecule has 1 unspecified atom stereocenters. The van der Waals surface area contributed by atoms with Crippen molar-refractivity contribution in [3.63, 3.8) is 0 Å². The molecule has 0 aliphatic carbocycles. The number of nitrogens with one attached hydrogen (secondary N) is 2. The fourth-order valence-electron chi connectivity index (χ4n) is 4.20. The van der Waals surface area contributed by atoms with Gasteiger partial charge >= 0.3 is 0 Å². The minimum Gasteiger partial charge on any atom is -0.492 e. The van der Waals surface area contributed by atoms with Gasteiger partial charge in [0.05, 0.1) is 6.42 Å². The lowest BCUT2D eigenvalue weighted by molar-refractivity contribution is -0.129. The van der Waals surface area contributed by atoms with E-state index in [1.165, 1.54) is 0 Å². The zero-order valence-corrected chi connectivity index (χ0v) is 21.2. The number of hydrogen-bond acceptors (Lipinski definition) is 5. The number of ether oxygens (including phenoxy) is 2. The molecule has 0 radical (unpaired) electrons. The van der Waals surface area contributed by atoms with Crippen molar-refractivity contribution in [1.82, 2.24) is 15.5 Å². The third-order valence-electron chi connectivity index (χ3n) is 6.37. The van der Waals surface area contributed by atoms with Crippen LogP contribution in [-0.2, 0) is 27.3 Å². The van der Waals surface area contributed by atoms with Crippen LogP contribution in [0.1, 0.15) is 37.8 Å². The monoisotopic (exact) mass is 481 g/mol. The first-order valence-electron chi connectivity index (χ1n) is 12.5. The second-order valence-electron chi connectivity index (χ2n) is 9.49. The van der Waals surface area contributed by atoms with Gasteiger partial charge in [0.1, 0.15) is 18.4 Å². The molecule has 2 aromatic carbocycles. The summed E-state index contributed by atoms with van der Waals surface area (Å²) in [6.07, 6.45) is 2.38. The van der Waals surface area contributed by atoms with E-state index in [2.05, 4.69) is 22.6 Å². The Bertz CT molecular complexity index is 929. The molecular formula is C28H39N3O4. The summed E-state index contributed by atoms with van der Waals surface area (Å²) >= 11 is 0. The Labute approximate surface area is 209 Å². The molecule has 1 heterocycles. The number of hydrogen-bond donors (Lipinski definition) is 2. The largest absolute Gasteiger partial charge is 0.492 e. The maximum Gasteiger partial charge on any atom is 0.243 e. The van der Waals surface area contributed by atoms with Crippen molar-refractivity contribution in [3.8, 4) is 5.75 Å². The summed E-state index contributed by atoms with van der Waals surface area (Å²) in [6.45, 7) is 7.35. The number of likely N-dealkylation sites (N-methyl/N-ethyl adjacent to an activating group) is 1. The topological polar surface area (TPSA) is 79.9 Å². The van der Waals surface area contributed by atoms with E-state index >= 15 is 0 Å². The molecule has 7 heteroatoms. The summed E-state index contributed by atoms with van der Waals surface area (Å²) < 4.78 is 11.4. The summed E-state index contributed by atoms with van der Waals surface area (Å²) in [6, 6.07) is 17.3. The van der Waals surface area contributed by atoms with Gasteiger partial charge in [0.15, 0.2) is 0 Å². The second-order valence-corrected chi connectivity index (χ2v) is 9.49. The van der Waals surface area contributed by atoms with E-state index < -0.39 is 6.04 Å². The molecule has 35 heavy (non-hydrogen) atoms. The maximum atomic E-state index is 12.9. The first kappa shape index (κ1) is 26.7. The predicted molar refractivity (Wildman–Crippen MR) is 137 cm³/mol. The lowest BCUT2D eigenvalue weighted by atomic mass is 10.0. The highest BCUT2D eigenvalue weighted by Crippen LogP contribution is 2.15. The summed E-state index contributed by atoms with van der Waals surface area (Å²) in [5.41, 5.74) is 1.87. The molecular weight excluding hydrogens is 442 g/mol. The first-order valence-corrected chi connectivity index (χ1v) is 12.5. The number of carbonyl (C=O) groups is 2. The summed E-state index contributed by atoms with van der Waals surface area (Å²) in [5.74, 6) is 0.405. The van der Waals surface area contributed by atoms with E-state index in [4.69, 9.17) is 9.47 Å². The van der Waals surface area contributed by atoms with Crippen LogP contribution in [0.25, 0.3) is 0 Å². The van der Waals surface area contributed by atoms with Gasteiger partial charge in [-0.15, -0.1) is 0 Å². The predicted octanol–water partition coefficient (Wildman–Crippen LogP) is 3.18. The fourth-order valence-corrected chi connectivity index (χ4v) is 4.20. The normalized spacial score (nSPS) is 15.1. The van der Waals surface area contributed by atoms with Gasteiger partial charge in [-0.1, -0.05) is 56.3 Å². The molecule has 0 saturated carbocycles. The van der Waals surface area contributed by atoms with Crippen molar-refractivity contribution >= 4 is 11.8 Å². The molecule has 1 aliphatic rings. The van der Waals surface area contributed by atoms with Crippen molar-refractivity contribution in [1.29, 1.82) is 0 Å². The third kappa shape index (κ3) is 9.00. The molecule has 1 saturated heterocycles. The molecule has 0 aromatic heterocycles. The highest BCUT2D eigenvalue weighted by molar-refractivity contribution is 5.88. The van der Waals surface area contributed by atoms with E-state index in [-0.39, 0.29) is 24.2 Å². The van der Waals surface area contributed by atoms with E-state index in [1.807, 2.05) is 68.4 Å². The summed E-state index contributed by atoms with van der Waals surface area (Å²) in [7, 11) is 2.13. The van der Waals surface area contributed by atoms with Crippen LogP contribution in [0, 0.1) is 5.92 Å². The van der Waals surface area contributed by atoms with Crippen LogP contribution in [0.15, 0.2) is 54.6 Å². The molecule has 190 valence electrons. The second kappa shape index (κ2) is 13.9. The Kier molecular flexibility index (Phi) is 10.6. The van der Waals surface area contributed by atoms with E-state index in [9.17, 15) is 9.59 Å². The van der Waals surface area contributed by atoms with Crippen molar-refractivity contribution in [2.45, 2.75) is 51.7 Å². The fraction of sp³-hybridized carbons (Fsp3) is 0.500. The van der Waals surface area contributed by atoms with Gasteiger partial charge < -0.3 is 20.1 Å². The molecule has 1 aliphatic heterocycles. The van der Waals surface area contributed by atoms with Crippen LogP contribution < -0.4 is 15.4 Å². The average Bonchev–Trinajstić information content (AvgIpc) is 2.87. The molecule has 1 fully saturated rings. The zero-order valence-electron chi connectivity index (χ0n) is 21.2. The minimum absolute atomic E-state index is 0.0305. The van der Waals surface area contributed by atoms with Gasteiger partial charge in [0, 0.05) is 32.3 Å². The molecule has 0 bridgehead atoms. The van der Waals surface area contributed by atoms with Gasteiger partial charge in [-0.25, -0.2) is 0 Å². The van der Waals surface area contributed by atoms with Gasteiger partial charge in [-0.05, 0) is 49.1 Å². The van der Waals surface area contributed by atoms with Crippen LogP contribution in [0.2, 0.25) is 0 Å². The van der Waals surface area contributed by atoms with Crippen molar-refractivity contribution in [2.75, 3.05) is 33.4 Å². The molecule has 2 N–H and O–H groups in total. The van der Waals surface area contributed by atoms with Gasteiger partial charge in [-0.2, -0.15) is 0 Å². The van der Waals surface area contributed by atoms with Crippen LogP contribution in [0.4, 0.5) is 0 Å². The van der Waals surface area contributed by atoms with Crippen LogP contribution in [-0.4, -0.2) is 62.2 Å². The van der Waals surface area contributed by atoms with Crippen molar-refractivity contribution in [2.24, 2.45) is 5.92 Å². The Morgan fingerprint density at radius 3 is 2.49 bits per heavy atom. The average molecular weight is 482 g/mol. The summed E-state index contributed by atoms with van der Waals surface area (Å²) in [5, 5.41) is 5.85. The van der Waals surface area contributed by atoms with Crippen LogP contribution >= 0.6 is 0 Å². The maximum absolute atomic E-state index is 12.9. The molecule has 0 spiro atoms. The molecule has 1 atom stereocenters. The first-order chi connectivity index (χ1) is 16.9. The number of nitrogens with zero attached hydrogens (tertiary/aromatic N) is 1. The summed E-state index contributed by atoms with van der Waals surface area (Å²) in [4.78, 5) is 27.7. The van der Waals surface area contributed by atoms with Gasteiger partial charge in [0.25, 0.3) is 0 Å². The van der Waals surface area contributed by atoms with Crippen LogP contribution in [0.3, 0.4) is 0 Å².